The van der Waals surface area contributed by atoms with E-state index in [2.05, 4.69) is 0 Å². The van der Waals surface area contributed by atoms with E-state index in [9.17, 15) is 8.78 Å². The molecule has 0 aliphatic heterocycles. The topological polar surface area (TPSA) is 39.2 Å². The zero-order valence-corrected chi connectivity index (χ0v) is 7.80. The average Bonchev–Trinajstić information content (AvgIpc) is 2.64. The van der Waals surface area contributed by atoms with Crippen molar-refractivity contribution >= 4 is 0 Å². The van der Waals surface area contributed by atoms with Gasteiger partial charge in [-0.2, -0.15) is 0 Å². The molecule has 0 radical (unpaired) electrons. The average molecular weight is 201 g/mol. The van der Waals surface area contributed by atoms with E-state index < -0.39 is 11.5 Å². The van der Waals surface area contributed by atoms with Crippen LogP contribution in [-0.2, 0) is 5.54 Å². The van der Waals surface area contributed by atoms with Crippen molar-refractivity contribution in [3.8, 4) is 0 Å². The van der Waals surface area contributed by atoms with Gasteiger partial charge in [-0.1, -0.05) is 0 Å². The molecule has 1 aromatic rings. The Bertz CT molecular complexity index is 298. The first-order chi connectivity index (χ1) is 6.52. The second kappa shape index (κ2) is 3.05. The number of nitrogens with two attached hydrogens (primary N) is 1. The molecule has 0 bridgehead atoms. The van der Waals surface area contributed by atoms with Crippen LogP contribution in [-0.4, -0.2) is 5.92 Å². The van der Waals surface area contributed by atoms with Crippen molar-refractivity contribution in [1.82, 2.24) is 0 Å². The maximum Gasteiger partial charge on any atom is 0.248 e. The van der Waals surface area contributed by atoms with Crippen LogP contribution < -0.4 is 5.73 Å². The van der Waals surface area contributed by atoms with Crippen molar-refractivity contribution in [3.05, 3.63) is 24.2 Å². The molecule has 14 heavy (non-hydrogen) atoms. The van der Waals surface area contributed by atoms with E-state index in [4.69, 9.17) is 10.2 Å². The fourth-order valence-electron chi connectivity index (χ4n) is 1.90. The number of hydrogen-bond donors (Lipinski definition) is 1. The molecule has 0 aromatic carbocycles. The maximum absolute atomic E-state index is 12.9. The van der Waals surface area contributed by atoms with Crippen LogP contribution in [0.5, 0.6) is 0 Å². The van der Waals surface area contributed by atoms with Gasteiger partial charge in [0.25, 0.3) is 0 Å². The Morgan fingerprint density at radius 3 is 2.36 bits per heavy atom. The highest BCUT2D eigenvalue weighted by molar-refractivity contribution is 5.19. The van der Waals surface area contributed by atoms with Gasteiger partial charge in [-0.3, -0.25) is 0 Å². The number of furan rings is 1. The van der Waals surface area contributed by atoms with Crippen LogP contribution in [0.15, 0.2) is 23.0 Å². The molecule has 1 aliphatic carbocycles. The van der Waals surface area contributed by atoms with Gasteiger partial charge in [0.15, 0.2) is 0 Å². The molecular formula is C10H13F2NO. The lowest BCUT2D eigenvalue weighted by atomic mass is 9.77. The van der Waals surface area contributed by atoms with Crippen LogP contribution in [0.3, 0.4) is 0 Å². The van der Waals surface area contributed by atoms with Gasteiger partial charge in [0, 0.05) is 23.9 Å². The second-order valence-electron chi connectivity index (χ2n) is 4.02. The molecule has 1 aromatic heterocycles. The zero-order valence-electron chi connectivity index (χ0n) is 7.80. The van der Waals surface area contributed by atoms with Crippen LogP contribution in [0.2, 0.25) is 0 Å². The minimum Gasteiger partial charge on any atom is -0.472 e. The molecule has 0 atom stereocenters. The summed E-state index contributed by atoms with van der Waals surface area (Å²) < 4.78 is 30.7. The number of halogens is 2. The summed E-state index contributed by atoms with van der Waals surface area (Å²) in [4.78, 5) is 0. The molecule has 4 heteroatoms. The van der Waals surface area contributed by atoms with Gasteiger partial charge in [0.05, 0.1) is 12.5 Å². The van der Waals surface area contributed by atoms with Gasteiger partial charge in [0.1, 0.15) is 0 Å². The van der Waals surface area contributed by atoms with Crippen LogP contribution in [0.4, 0.5) is 8.78 Å². The standard InChI is InChI=1S/C10H13F2NO/c11-10(12)4-2-9(13,3-5-10)8-1-6-14-7-8/h1,6-7H,2-5,13H2. The third-order valence-electron chi connectivity index (χ3n) is 2.97. The minimum absolute atomic E-state index is 0.130. The fraction of sp³-hybridized carbons (Fsp3) is 0.600. The van der Waals surface area contributed by atoms with Gasteiger partial charge in [-0.05, 0) is 18.9 Å². The zero-order chi connectivity index (χ0) is 10.2. The largest absolute Gasteiger partial charge is 0.472 e. The van der Waals surface area contributed by atoms with E-state index in [1.54, 1.807) is 12.3 Å². The maximum atomic E-state index is 12.9. The first-order valence-corrected chi connectivity index (χ1v) is 4.71. The first kappa shape index (κ1) is 9.65. The van der Waals surface area contributed by atoms with Crippen molar-refractivity contribution in [3.63, 3.8) is 0 Å². The summed E-state index contributed by atoms with van der Waals surface area (Å²) in [5, 5.41) is 0. The van der Waals surface area contributed by atoms with Crippen molar-refractivity contribution < 1.29 is 13.2 Å². The Kier molecular flexibility index (Phi) is 2.10. The normalized spacial score (nSPS) is 24.8. The molecule has 1 heterocycles. The molecule has 1 aliphatic rings. The summed E-state index contributed by atoms with van der Waals surface area (Å²) >= 11 is 0. The highest BCUT2D eigenvalue weighted by atomic mass is 19.3. The van der Waals surface area contributed by atoms with Gasteiger partial charge in [-0.15, -0.1) is 0 Å². The van der Waals surface area contributed by atoms with Crippen molar-refractivity contribution in [2.75, 3.05) is 0 Å². The van der Waals surface area contributed by atoms with E-state index in [0.717, 1.165) is 5.56 Å². The lowest BCUT2D eigenvalue weighted by molar-refractivity contribution is -0.0514. The Morgan fingerprint density at radius 1 is 1.21 bits per heavy atom. The number of alkyl halides is 2. The summed E-state index contributed by atoms with van der Waals surface area (Å²) in [5.41, 5.74) is 6.26. The van der Waals surface area contributed by atoms with Crippen LogP contribution in [0.25, 0.3) is 0 Å². The molecule has 0 amide bonds. The Balaban J connectivity index is 2.13. The third kappa shape index (κ3) is 1.66. The van der Waals surface area contributed by atoms with Crippen molar-refractivity contribution in [2.45, 2.75) is 37.1 Å². The number of rotatable bonds is 1. The predicted octanol–water partition coefficient (Wildman–Crippen LogP) is 2.64. The van der Waals surface area contributed by atoms with Crippen LogP contribution in [0, 0.1) is 0 Å². The van der Waals surface area contributed by atoms with Gasteiger partial charge < -0.3 is 10.2 Å². The molecule has 78 valence electrons. The molecule has 2 rings (SSSR count). The van der Waals surface area contributed by atoms with Crippen molar-refractivity contribution in [1.29, 1.82) is 0 Å². The number of hydrogen-bond acceptors (Lipinski definition) is 2. The van der Waals surface area contributed by atoms with E-state index in [0.29, 0.717) is 12.8 Å². The van der Waals surface area contributed by atoms with E-state index in [1.807, 2.05) is 0 Å². The van der Waals surface area contributed by atoms with Crippen LogP contribution in [0.1, 0.15) is 31.2 Å². The Hall–Kier alpha value is -0.900. The molecule has 0 saturated heterocycles. The summed E-state index contributed by atoms with van der Waals surface area (Å²) in [5.74, 6) is -2.54. The lowest BCUT2D eigenvalue weighted by Gasteiger charge is -2.36. The first-order valence-electron chi connectivity index (χ1n) is 4.71. The molecule has 2 nitrogen and oxygen atoms in total. The van der Waals surface area contributed by atoms with E-state index in [-0.39, 0.29) is 12.8 Å². The summed E-state index contributed by atoms with van der Waals surface area (Å²) in [7, 11) is 0. The lowest BCUT2D eigenvalue weighted by Crippen LogP contribution is -2.43. The summed E-state index contributed by atoms with van der Waals surface area (Å²) in [6.45, 7) is 0. The van der Waals surface area contributed by atoms with E-state index >= 15 is 0 Å². The quantitative estimate of drug-likeness (QED) is 0.758. The van der Waals surface area contributed by atoms with E-state index in [1.165, 1.54) is 6.26 Å². The molecule has 0 unspecified atom stereocenters. The Morgan fingerprint density at radius 2 is 1.86 bits per heavy atom. The summed E-state index contributed by atoms with van der Waals surface area (Å²) in [6, 6.07) is 1.75. The van der Waals surface area contributed by atoms with Gasteiger partial charge in [0.2, 0.25) is 5.92 Å². The Labute approximate surface area is 81.1 Å². The smallest absolute Gasteiger partial charge is 0.248 e. The predicted molar refractivity (Wildman–Crippen MR) is 48.0 cm³/mol. The van der Waals surface area contributed by atoms with Crippen LogP contribution >= 0.6 is 0 Å². The van der Waals surface area contributed by atoms with Gasteiger partial charge >= 0.3 is 0 Å². The molecule has 1 fully saturated rings. The SMILES string of the molecule is NC1(c2ccoc2)CCC(F)(F)CC1. The minimum atomic E-state index is -2.54. The highest BCUT2D eigenvalue weighted by Gasteiger charge is 2.42. The third-order valence-corrected chi connectivity index (χ3v) is 2.97. The molecular weight excluding hydrogens is 188 g/mol. The molecule has 1 saturated carbocycles. The fourth-order valence-corrected chi connectivity index (χ4v) is 1.90. The highest BCUT2D eigenvalue weighted by Crippen LogP contribution is 2.42. The monoisotopic (exact) mass is 201 g/mol. The molecule has 2 N–H and O–H groups in total. The van der Waals surface area contributed by atoms with Gasteiger partial charge in [-0.25, -0.2) is 8.78 Å². The van der Waals surface area contributed by atoms with Crippen molar-refractivity contribution in [2.24, 2.45) is 5.73 Å². The second-order valence-corrected chi connectivity index (χ2v) is 4.02. The molecule has 0 spiro atoms. The summed E-state index contributed by atoms with van der Waals surface area (Å²) in [6.07, 6.45) is 3.45.